The van der Waals surface area contributed by atoms with Crippen molar-refractivity contribution < 1.29 is 35.1 Å². The van der Waals surface area contributed by atoms with Gasteiger partial charge in [0.1, 0.15) is 28.1 Å². The Bertz CT molecular complexity index is 1090. The van der Waals surface area contributed by atoms with E-state index in [1.54, 1.807) is 0 Å². The molecule has 1 fully saturated rings. The number of alkyl halides is 5. The molecule has 5 N–H and O–H groups in total. The lowest BCUT2D eigenvalue weighted by Gasteiger charge is -2.34. The van der Waals surface area contributed by atoms with Crippen LogP contribution >= 0.6 is 81.2 Å². The van der Waals surface area contributed by atoms with Crippen molar-refractivity contribution in [2.45, 2.75) is 141 Å². The van der Waals surface area contributed by atoms with Crippen molar-refractivity contribution in [1.29, 1.82) is 0 Å². The number of ether oxygens (including phenoxy) is 1. The minimum absolute atomic E-state index is 0.134. The zero-order valence-corrected chi connectivity index (χ0v) is 32.7. The summed E-state index contributed by atoms with van der Waals surface area (Å²) in [5.74, 6) is -1.08. The van der Waals surface area contributed by atoms with Gasteiger partial charge in [-0.1, -0.05) is 129 Å². The number of carbonyl (C=O) groups excluding carboxylic acids is 1. The molecular weight excluding hydrogens is 769 g/mol. The van der Waals surface area contributed by atoms with Crippen molar-refractivity contribution in [1.82, 2.24) is 0 Å². The summed E-state index contributed by atoms with van der Waals surface area (Å²) in [5.41, 5.74) is 0. The number of unbranched alkanes of at least 4 members (excludes halogenated alkanes) is 11. The Labute approximate surface area is 320 Å². The second kappa shape index (κ2) is 21.3. The first kappa shape index (κ1) is 44.7. The van der Waals surface area contributed by atoms with Gasteiger partial charge in [-0.05, 0) is 32.1 Å². The summed E-state index contributed by atoms with van der Waals surface area (Å²) >= 11 is 44.5. The molecule has 3 rings (SSSR count). The van der Waals surface area contributed by atoms with Crippen LogP contribution in [-0.2, 0) is 9.53 Å². The third-order valence-electron chi connectivity index (χ3n) is 9.29. The fourth-order valence-corrected chi connectivity index (χ4v) is 9.95. The van der Waals surface area contributed by atoms with Crippen LogP contribution in [0, 0.1) is 11.8 Å². The van der Waals surface area contributed by atoms with Gasteiger partial charge >= 0.3 is 5.97 Å². The number of aliphatic hydroxyl groups is 5. The van der Waals surface area contributed by atoms with Crippen LogP contribution in [-0.4, -0.2) is 88.6 Å². The van der Waals surface area contributed by atoms with E-state index >= 15 is 0 Å². The number of halogens is 7. The van der Waals surface area contributed by atoms with Crippen LogP contribution in [0.4, 0.5) is 0 Å². The quantitative estimate of drug-likeness (QED) is 0.0342. The number of esters is 1. The van der Waals surface area contributed by atoms with Gasteiger partial charge in [-0.3, -0.25) is 4.79 Å². The molecule has 3 aliphatic carbocycles. The molecule has 9 atom stereocenters. The predicted octanol–water partition coefficient (Wildman–Crippen LogP) is 8.24. The minimum Gasteiger partial charge on any atom is -0.457 e. The highest BCUT2D eigenvalue weighted by atomic mass is 35.5. The van der Waals surface area contributed by atoms with Crippen molar-refractivity contribution in [3.05, 3.63) is 34.4 Å². The highest BCUT2D eigenvalue weighted by Crippen LogP contribution is 2.78. The molecule has 0 heterocycles. The molecule has 0 aromatic carbocycles. The van der Waals surface area contributed by atoms with E-state index in [4.69, 9.17) is 96.2 Å². The van der Waals surface area contributed by atoms with Crippen LogP contribution in [0.5, 0.6) is 0 Å². The Morgan fingerprint density at radius 3 is 1.83 bits per heavy atom. The molecule has 0 aromatic heterocycles. The summed E-state index contributed by atoms with van der Waals surface area (Å²) in [7, 11) is 0. The molecule has 0 radical (unpaired) electrons. The van der Waals surface area contributed by atoms with Crippen LogP contribution in [0.15, 0.2) is 34.4 Å². The van der Waals surface area contributed by atoms with Gasteiger partial charge in [-0.25, -0.2) is 0 Å². The Kier molecular flexibility index (Phi) is 19.8. The van der Waals surface area contributed by atoms with Crippen molar-refractivity contribution in [3.63, 3.8) is 0 Å². The molecule has 7 nitrogen and oxygen atoms in total. The molecule has 5 unspecified atom stereocenters. The molecule has 0 aliphatic heterocycles. The molecular formula is C34H51Cl7O7. The summed E-state index contributed by atoms with van der Waals surface area (Å²) in [6.07, 6.45) is 17.1. The fourth-order valence-electron chi connectivity index (χ4n) is 6.44. The molecule has 2 bridgehead atoms. The van der Waals surface area contributed by atoms with E-state index in [9.17, 15) is 20.1 Å². The first-order valence-electron chi connectivity index (χ1n) is 16.9. The summed E-state index contributed by atoms with van der Waals surface area (Å²) in [6.45, 7) is 0.751. The van der Waals surface area contributed by atoms with E-state index in [1.165, 1.54) is 44.9 Å². The monoisotopic (exact) mass is 816 g/mol. The number of fused-ring (bicyclic) bond motifs is 5. The van der Waals surface area contributed by atoms with Gasteiger partial charge in [-0.2, -0.15) is 0 Å². The van der Waals surface area contributed by atoms with Crippen molar-refractivity contribution in [2.24, 2.45) is 11.8 Å². The molecule has 14 heteroatoms. The first-order valence-corrected chi connectivity index (χ1v) is 19.6. The maximum Gasteiger partial charge on any atom is 0.306 e. The second-order valence-corrected chi connectivity index (χ2v) is 16.6. The van der Waals surface area contributed by atoms with Crippen LogP contribution < -0.4 is 0 Å². The highest BCUT2D eigenvalue weighted by Gasteiger charge is 2.83. The summed E-state index contributed by atoms with van der Waals surface area (Å²) < 4.78 is 3.55. The van der Waals surface area contributed by atoms with E-state index < -0.39 is 57.7 Å². The molecule has 0 amide bonds. The molecule has 0 spiro atoms. The Balaban J connectivity index is 0.000000388. The lowest BCUT2D eigenvalue weighted by atomic mass is 9.84. The maximum absolute atomic E-state index is 11.9. The maximum atomic E-state index is 11.9. The summed E-state index contributed by atoms with van der Waals surface area (Å²) in [4.78, 5) is 9.50. The lowest BCUT2D eigenvalue weighted by Crippen LogP contribution is -2.49. The van der Waals surface area contributed by atoms with E-state index in [2.05, 4.69) is 19.1 Å². The van der Waals surface area contributed by atoms with E-state index in [0.29, 0.717) is 6.42 Å². The third-order valence-corrected chi connectivity index (χ3v) is 14.0. The van der Waals surface area contributed by atoms with E-state index in [1.807, 2.05) is 12.2 Å². The molecule has 48 heavy (non-hydrogen) atoms. The average Bonchev–Trinajstić information content (AvgIpc) is 3.56. The zero-order valence-electron chi connectivity index (χ0n) is 27.4. The lowest BCUT2D eigenvalue weighted by molar-refractivity contribution is -0.177. The summed E-state index contributed by atoms with van der Waals surface area (Å²) in [5, 5.41) is 47.1. The first-order chi connectivity index (χ1) is 22.7. The van der Waals surface area contributed by atoms with Gasteiger partial charge in [0.15, 0.2) is 10.4 Å². The zero-order chi connectivity index (χ0) is 36.1. The molecule has 3 aliphatic rings. The normalized spacial score (nSPS) is 29.5. The topological polar surface area (TPSA) is 127 Å². The van der Waals surface area contributed by atoms with Crippen LogP contribution in [0.1, 0.15) is 96.8 Å². The Morgan fingerprint density at radius 1 is 0.792 bits per heavy atom. The van der Waals surface area contributed by atoms with E-state index in [0.717, 1.165) is 32.1 Å². The number of aliphatic hydroxyl groups excluding tert-OH is 5. The van der Waals surface area contributed by atoms with Crippen molar-refractivity contribution in [3.8, 4) is 0 Å². The smallest absolute Gasteiger partial charge is 0.306 e. The fraction of sp³-hybridized carbons (Fsp3) is 0.794. The Hall–Kier alpha value is 0.520. The summed E-state index contributed by atoms with van der Waals surface area (Å²) in [6, 6.07) is 0. The van der Waals surface area contributed by atoms with Crippen molar-refractivity contribution >= 4 is 87.2 Å². The number of rotatable bonds is 21. The molecule has 278 valence electrons. The van der Waals surface area contributed by atoms with Crippen LogP contribution in [0.2, 0.25) is 0 Å². The van der Waals surface area contributed by atoms with Crippen molar-refractivity contribution in [2.75, 3.05) is 13.2 Å². The van der Waals surface area contributed by atoms with Gasteiger partial charge in [0.05, 0.1) is 28.7 Å². The molecule has 0 saturated heterocycles. The van der Waals surface area contributed by atoms with Gasteiger partial charge in [-0.15, -0.1) is 34.8 Å². The highest BCUT2D eigenvalue weighted by molar-refractivity contribution is 6.66. The number of carbonyl (C=O) groups is 1. The largest absolute Gasteiger partial charge is 0.457 e. The molecule has 1 saturated carbocycles. The van der Waals surface area contributed by atoms with Crippen LogP contribution in [0.25, 0.3) is 0 Å². The standard InChI is InChI=1S/C24H46O7.C10H5Cl7/c1-2-3-4-5-6-7-8-9-10-11-12-13-14-15-16-17-22(29)31-24(21(28)19-26)23(30)20(27)18-25;11-4-2-1-3-5(4)9(15)7(13)6(12)8(3,14)10(9,16)17/h9-10,20-21,23-28,30H,2-8,11-19H2,1H3;1-5H/b10-9-;/t20-,21+,23+,24+;/m0./s1. The third kappa shape index (κ3) is 10.3. The SMILES string of the molecule is CCCCCCCC/C=C\CCCCCCCC(=O)O[C@@H]([C@H](O)[C@@H](O)CO)[C@H](O)CO.ClC1=C(Cl)C2(Cl)C3C(Cl)C=CC3C1(Cl)C2(Cl)Cl. The van der Waals surface area contributed by atoms with Gasteiger partial charge in [0, 0.05) is 18.3 Å². The van der Waals surface area contributed by atoms with Gasteiger partial charge < -0.3 is 30.3 Å². The average molecular weight is 820 g/mol. The van der Waals surface area contributed by atoms with E-state index in [-0.39, 0.29) is 33.7 Å². The number of hydrogen-bond acceptors (Lipinski definition) is 7. The van der Waals surface area contributed by atoms with Gasteiger partial charge in [0.2, 0.25) is 0 Å². The molecule has 0 aromatic rings. The second-order valence-electron chi connectivity index (χ2n) is 12.8. The Morgan fingerprint density at radius 2 is 1.29 bits per heavy atom. The number of hydrogen-bond donors (Lipinski definition) is 5. The number of allylic oxidation sites excluding steroid dienone is 6. The predicted molar refractivity (Wildman–Crippen MR) is 198 cm³/mol. The van der Waals surface area contributed by atoms with Gasteiger partial charge in [0.25, 0.3) is 0 Å². The van der Waals surface area contributed by atoms with Crippen LogP contribution in [0.3, 0.4) is 0 Å². The minimum atomic E-state index is -1.68.